The van der Waals surface area contributed by atoms with Crippen molar-refractivity contribution in [2.75, 3.05) is 7.05 Å². The summed E-state index contributed by atoms with van der Waals surface area (Å²) in [5.41, 5.74) is 1.06. The van der Waals surface area contributed by atoms with Crippen LogP contribution in [0, 0.1) is 6.07 Å². The maximum Gasteiger partial charge on any atom is 1.00 e. The first-order valence-electron chi connectivity index (χ1n) is 4.96. The Hall–Kier alpha value is -0.935. The minimum atomic E-state index is -0.283. The van der Waals surface area contributed by atoms with Gasteiger partial charge in [0.1, 0.15) is 0 Å². The Kier molecular flexibility index (Phi) is 4.51. The molecule has 0 bridgehead atoms. The van der Waals surface area contributed by atoms with Gasteiger partial charge in [0.05, 0.1) is 5.56 Å². The molecule has 0 atom stereocenters. The third kappa shape index (κ3) is 1.95. The van der Waals surface area contributed by atoms with Gasteiger partial charge in [-0.05, 0) is 17.5 Å². The first-order valence-corrected chi connectivity index (χ1v) is 4.96. The van der Waals surface area contributed by atoms with Crippen LogP contribution in [-0.2, 0) is 27.7 Å². The summed E-state index contributed by atoms with van der Waals surface area (Å²) in [5.74, 6) is -0.531. The Morgan fingerprint density at radius 3 is 2.56 bits per heavy atom. The van der Waals surface area contributed by atoms with Crippen LogP contribution in [-0.4, -0.2) is 23.8 Å². The van der Waals surface area contributed by atoms with E-state index in [1.165, 1.54) is 7.05 Å². The summed E-state index contributed by atoms with van der Waals surface area (Å²) in [6.45, 7) is 0. The molecule has 0 fully saturated rings. The Morgan fingerprint density at radius 2 is 1.83 bits per heavy atom. The van der Waals surface area contributed by atoms with Gasteiger partial charge in [0.25, 0.3) is 11.8 Å². The fourth-order valence-corrected chi connectivity index (χ4v) is 2.06. The Labute approximate surface area is 131 Å². The molecule has 86 valence electrons. The predicted octanol–water partition coefficient (Wildman–Crippen LogP) is -1.13. The van der Waals surface area contributed by atoms with Crippen molar-refractivity contribution in [3.63, 3.8) is 0 Å². The number of benzene rings is 2. The van der Waals surface area contributed by atoms with Crippen LogP contribution in [0.25, 0.3) is 10.8 Å². The zero-order valence-corrected chi connectivity index (χ0v) is 16.0. The molecule has 0 aromatic heterocycles. The summed E-state index contributed by atoms with van der Waals surface area (Å²) < 4.78 is 0. The fourth-order valence-electron chi connectivity index (χ4n) is 2.06. The van der Waals surface area contributed by atoms with E-state index in [9.17, 15) is 9.59 Å². The van der Waals surface area contributed by atoms with Gasteiger partial charge >= 0.3 is 27.7 Å². The van der Waals surface area contributed by atoms with Crippen LogP contribution in [0.1, 0.15) is 20.7 Å². The molecule has 0 aliphatic carbocycles. The molecule has 5 heteroatoms. The van der Waals surface area contributed by atoms with Crippen molar-refractivity contribution in [2.24, 2.45) is 0 Å². The van der Waals surface area contributed by atoms with E-state index in [0.717, 1.165) is 15.7 Å². The summed E-state index contributed by atoms with van der Waals surface area (Å²) >= 11 is 0. The second-order valence-electron chi connectivity index (χ2n) is 3.79. The third-order valence-electron chi connectivity index (χ3n) is 2.89. The molecule has 1 heterocycles. The van der Waals surface area contributed by atoms with Crippen molar-refractivity contribution in [1.29, 1.82) is 0 Å². The van der Waals surface area contributed by atoms with Crippen molar-refractivity contribution >= 4 is 22.6 Å². The summed E-state index contributed by atoms with van der Waals surface area (Å²) in [7, 11) is 1.49. The average molecular weight is 446 g/mol. The van der Waals surface area contributed by atoms with Crippen LogP contribution in [0.3, 0.4) is 0 Å². The molecule has 3 nitrogen and oxygen atoms in total. The molecule has 2 aromatic rings. The number of hydrogen-bond donors (Lipinski definition) is 0. The fraction of sp³-hybridized carbons (Fsp3) is 0.0769. The van der Waals surface area contributed by atoms with E-state index < -0.39 is 0 Å². The van der Waals surface area contributed by atoms with Gasteiger partial charge in [0.15, 0.2) is 0 Å². The van der Waals surface area contributed by atoms with Crippen LogP contribution in [0.5, 0.6) is 0 Å². The standard InChI is InChI=1S/C13H8NO2.ClH.Hg/c1-14-12(15)9-6-2-4-8-5-3-7-10(11(8)9)13(14)16;;/h2-6H,1H3;1H;/q;;+1/p-1. The summed E-state index contributed by atoms with van der Waals surface area (Å²) in [6.07, 6.45) is 0. The molecule has 2 radical (unpaired) electrons. The molecule has 2 amide bonds. The molecule has 3 rings (SSSR count). The molecule has 0 N–H and O–H groups in total. The molecule has 1 aliphatic rings. The third-order valence-corrected chi connectivity index (χ3v) is 2.89. The average Bonchev–Trinajstić information content (AvgIpc) is 2.33. The van der Waals surface area contributed by atoms with Crippen molar-refractivity contribution in [2.45, 2.75) is 0 Å². The van der Waals surface area contributed by atoms with Crippen LogP contribution in [0.15, 0.2) is 30.3 Å². The number of carbonyl (C=O) groups is 2. The largest absolute Gasteiger partial charge is 1.00 e. The SMILES string of the molecule is CN1C(=O)c2[c]ccc3cccc(c23)C1=O.[Cl-].[Hg+]. The maximum atomic E-state index is 11.9. The molecule has 0 saturated heterocycles. The smallest absolute Gasteiger partial charge is 1.00 e. The second kappa shape index (κ2) is 5.37. The Bertz CT molecular complexity index is 591. The molecular weight excluding hydrogens is 438 g/mol. The van der Waals surface area contributed by atoms with E-state index in [1.807, 2.05) is 18.2 Å². The van der Waals surface area contributed by atoms with Crippen LogP contribution in [0.2, 0.25) is 0 Å². The van der Waals surface area contributed by atoms with Crippen molar-refractivity contribution < 1.29 is 49.7 Å². The second-order valence-corrected chi connectivity index (χ2v) is 3.79. The van der Waals surface area contributed by atoms with Gasteiger partial charge in [-0.3, -0.25) is 14.5 Å². The first-order chi connectivity index (χ1) is 7.70. The molecule has 0 saturated carbocycles. The van der Waals surface area contributed by atoms with Crippen molar-refractivity contribution in [3.8, 4) is 0 Å². The number of amides is 2. The minimum absolute atomic E-state index is 0. The van der Waals surface area contributed by atoms with Crippen molar-refractivity contribution in [3.05, 3.63) is 47.5 Å². The van der Waals surface area contributed by atoms with Gasteiger partial charge in [-0.15, -0.1) is 0 Å². The maximum absolute atomic E-state index is 11.9. The van der Waals surface area contributed by atoms with Gasteiger partial charge in [-0.1, -0.05) is 24.3 Å². The quantitative estimate of drug-likeness (QED) is 0.380. The van der Waals surface area contributed by atoms with E-state index in [-0.39, 0.29) is 51.9 Å². The molecule has 1 aliphatic heterocycles. The zero-order valence-electron chi connectivity index (χ0n) is 9.74. The monoisotopic (exact) mass is 447 g/mol. The van der Waals surface area contributed by atoms with Crippen LogP contribution >= 0.6 is 0 Å². The van der Waals surface area contributed by atoms with Gasteiger partial charge in [-0.25, -0.2) is 0 Å². The summed E-state index contributed by atoms with van der Waals surface area (Å²) in [6, 6.07) is 11.9. The summed E-state index contributed by atoms with van der Waals surface area (Å²) in [5, 5.41) is 1.62. The van der Waals surface area contributed by atoms with E-state index in [0.29, 0.717) is 11.1 Å². The number of halogens is 1. The van der Waals surface area contributed by atoms with E-state index >= 15 is 0 Å². The van der Waals surface area contributed by atoms with E-state index in [1.54, 1.807) is 12.1 Å². The molecular formula is C13H8ClHgNO2. The van der Waals surface area contributed by atoms with E-state index in [2.05, 4.69) is 6.07 Å². The number of hydrogen-bond acceptors (Lipinski definition) is 2. The van der Waals surface area contributed by atoms with Gasteiger partial charge in [0, 0.05) is 18.0 Å². The van der Waals surface area contributed by atoms with Gasteiger partial charge < -0.3 is 12.4 Å². The van der Waals surface area contributed by atoms with Gasteiger partial charge in [-0.2, -0.15) is 0 Å². The topological polar surface area (TPSA) is 37.4 Å². The first kappa shape index (κ1) is 15.1. The van der Waals surface area contributed by atoms with Crippen LogP contribution in [0.4, 0.5) is 0 Å². The Balaban J connectivity index is 0.000000810. The normalized spacial score (nSPS) is 13.1. The number of carbonyl (C=O) groups excluding carboxylic acids is 2. The van der Waals surface area contributed by atoms with Gasteiger partial charge in [0.2, 0.25) is 0 Å². The van der Waals surface area contributed by atoms with Crippen molar-refractivity contribution in [1.82, 2.24) is 4.90 Å². The number of imide groups is 1. The van der Waals surface area contributed by atoms with E-state index in [4.69, 9.17) is 0 Å². The predicted molar refractivity (Wildman–Crippen MR) is 59.2 cm³/mol. The molecule has 2 aromatic carbocycles. The number of rotatable bonds is 0. The summed E-state index contributed by atoms with van der Waals surface area (Å²) in [4.78, 5) is 24.9. The van der Waals surface area contributed by atoms with Crippen LogP contribution < -0.4 is 12.4 Å². The minimum Gasteiger partial charge on any atom is -1.00 e. The Morgan fingerprint density at radius 1 is 1.11 bits per heavy atom. The molecule has 0 spiro atoms. The zero-order chi connectivity index (χ0) is 11.3. The molecule has 18 heavy (non-hydrogen) atoms. The number of nitrogens with zero attached hydrogens (tertiary/aromatic N) is 1. The molecule has 0 unspecified atom stereocenters.